The molecular weight excluding hydrogens is 200 g/mol. The van der Waals surface area contributed by atoms with Crippen LogP contribution in [0.25, 0.3) is 0 Å². The van der Waals surface area contributed by atoms with Gasteiger partial charge in [0, 0.05) is 11.1 Å². The molecule has 76 valence electrons. The third kappa shape index (κ3) is 2.31. The van der Waals surface area contributed by atoms with Crippen LogP contribution in [0.1, 0.15) is 22.3 Å². The fourth-order valence-corrected chi connectivity index (χ4v) is 0.954. The molecule has 1 nitrogen and oxygen atoms in total. The molecule has 0 bridgehead atoms. The smallest absolute Gasteiger partial charge is 0.288 e. The topological polar surface area (TPSA) is 17.1 Å². The Kier molecular flexibility index (Phi) is 3.22. The molecule has 1 aromatic carbocycles. The van der Waals surface area contributed by atoms with Crippen molar-refractivity contribution in [3.8, 4) is 0 Å². The van der Waals surface area contributed by atoms with Crippen LogP contribution in [0.2, 0.25) is 0 Å². The number of hydrogen-bond donors (Lipinski definition) is 0. The Balaban J connectivity index is 3.00. The molecule has 5 heteroatoms. The molecule has 0 atom stereocenters. The molecule has 0 saturated heterocycles. The van der Waals surface area contributed by atoms with Crippen molar-refractivity contribution >= 4 is 5.78 Å². The zero-order chi connectivity index (χ0) is 10.7. The predicted molar refractivity (Wildman–Crippen MR) is 41.7 cm³/mol. The van der Waals surface area contributed by atoms with Crippen LogP contribution < -0.4 is 0 Å². The van der Waals surface area contributed by atoms with E-state index in [1.54, 1.807) is 0 Å². The lowest BCUT2D eigenvalue weighted by molar-refractivity contribution is 0.0678. The van der Waals surface area contributed by atoms with Gasteiger partial charge in [-0.3, -0.25) is 4.79 Å². The van der Waals surface area contributed by atoms with Crippen LogP contribution in [0.5, 0.6) is 0 Å². The van der Waals surface area contributed by atoms with Gasteiger partial charge in [0.15, 0.2) is 0 Å². The molecule has 0 aliphatic heterocycles. The van der Waals surface area contributed by atoms with Crippen LogP contribution >= 0.6 is 0 Å². The average Bonchev–Trinajstić information content (AvgIpc) is 2.16. The zero-order valence-electron chi connectivity index (χ0n) is 6.88. The van der Waals surface area contributed by atoms with Crippen molar-refractivity contribution in [2.75, 3.05) is 0 Å². The largest absolute Gasteiger partial charge is 0.300 e. The van der Waals surface area contributed by atoms with Gasteiger partial charge in [-0.15, -0.1) is 0 Å². The highest BCUT2D eigenvalue weighted by molar-refractivity contribution is 5.98. The molecule has 0 saturated carbocycles. The van der Waals surface area contributed by atoms with Crippen molar-refractivity contribution in [3.05, 3.63) is 35.4 Å². The van der Waals surface area contributed by atoms with Crippen LogP contribution in [0, 0.1) is 0 Å². The fourth-order valence-electron chi connectivity index (χ4n) is 0.954. The minimum atomic E-state index is -3.16. The first kappa shape index (κ1) is 10.7. The van der Waals surface area contributed by atoms with Gasteiger partial charge in [-0.1, -0.05) is 18.2 Å². The van der Waals surface area contributed by atoms with Crippen molar-refractivity contribution in [2.24, 2.45) is 0 Å². The first-order valence-electron chi connectivity index (χ1n) is 3.73. The molecule has 0 amide bonds. The number of Topliss-reactive ketones (excluding diaryl/α,β-unsaturated/α-hetero) is 1. The van der Waals surface area contributed by atoms with E-state index in [4.69, 9.17) is 0 Å². The summed E-state index contributed by atoms with van der Waals surface area (Å²) in [5.41, 5.74) is -0.825. The van der Waals surface area contributed by atoms with E-state index in [0.29, 0.717) is 0 Å². The van der Waals surface area contributed by atoms with E-state index in [-0.39, 0.29) is 0 Å². The first-order chi connectivity index (χ1) is 6.52. The summed E-state index contributed by atoms with van der Waals surface area (Å²) in [6.07, 6.45) is -5.93. The highest BCUT2D eigenvalue weighted by Gasteiger charge is 2.18. The lowest BCUT2D eigenvalue weighted by Gasteiger charge is -2.02. The van der Waals surface area contributed by atoms with E-state index < -0.39 is 29.8 Å². The zero-order valence-corrected chi connectivity index (χ0v) is 6.88. The number of rotatable bonds is 3. The molecule has 0 aliphatic carbocycles. The van der Waals surface area contributed by atoms with Gasteiger partial charge in [0.05, 0.1) is 0 Å². The molecule has 0 heterocycles. The minimum absolute atomic E-state index is 0.391. The summed E-state index contributed by atoms with van der Waals surface area (Å²) in [4.78, 5) is 10.7. The third-order valence-electron chi connectivity index (χ3n) is 1.62. The van der Waals surface area contributed by atoms with Crippen molar-refractivity contribution in [2.45, 2.75) is 12.9 Å². The monoisotopic (exact) mass is 206 g/mol. The molecule has 1 aromatic rings. The number of halogens is 4. The average molecular weight is 206 g/mol. The van der Waals surface area contributed by atoms with E-state index in [2.05, 4.69) is 0 Å². The summed E-state index contributed by atoms with van der Waals surface area (Å²) in [5.74, 6) is -1.44. The summed E-state index contributed by atoms with van der Waals surface area (Å²) in [7, 11) is 0. The number of benzene rings is 1. The molecule has 0 fully saturated rings. The number of ketones is 1. The number of alkyl halides is 4. The molecule has 1 rings (SSSR count). The summed E-state index contributed by atoms with van der Waals surface area (Å²) >= 11 is 0. The predicted octanol–water partition coefficient (Wildman–Crippen LogP) is 3.07. The number of carbonyl (C=O) groups is 1. The molecule has 0 unspecified atom stereocenters. The van der Waals surface area contributed by atoms with Crippen molar-refractivity contribution in [1.82, 2.24) is 0 Å². The third-order valence-corrected chi connectivity index (χ3v) is 1.62. The van der Waals surface area contributed by atoms with E-state index in [1.165, 1.54) is 0 Å². The maximum atomic E-state index is 12.1. The van der Waals surface area contributed by atoms with E-state index in [0.717, 1.165) is 24.3 Å². The van der Waals surface area contributed by atoms with Gasteiger partial charge < -0.3 is 0 Å². The van der Waals surface area contributed by atoms with Gasteiger partial charge in [-0.2, -0.15) is 0 Å². The van der Waals surface area contributed by atoms with Gasteiger partial charge in [0.25, 0.3) is 6.43 Å². The highest BCUT2D eigenvalue weighted by atomic mass is 19.3. The molecular formula is C9H6F4O. The second-order valence-corrected chi connectivity index (χ2v) is 2.59. The van der Waals surface area contributed by atoms with Crippen molar-refractivity contribution in [1.29, 1.82) is 0 Å². The molecule has 0 radical (unpaired) electrons. The summed E-state index contributed by atoms with van der Waals surface area (Å²) in [6, 6.07) is 4.09. The summed E-state index contributed by atoms with van der Waals surface area (Å²) < 4.78 is 48.0. The Morgan fingerprint density at radius 1 is 1.14 bits per heavy atom. The second kappa shape index (κ2) is 4.21. The standard InChI is InChI=1S/C9H6F4O/c10-8(11)6-3-1-2-5(4-6)7(14)9(12)13/h1-4,8-9H. The number of carbonyl (C=O) groups excluding carboxylic acids is 1. The Morgan fingerprint density at radius 2 is 1.79 bits per heavy atom. The Morgan fingerprint density at radius 3 is 2.29 bits per heavy atom. The molecule has 14 heavy (non-hydrogen) atoms. The van der Waals surface area contributed by atoms with Gasteiger partial charge in [-0.25, -0.2) is 17.6 Å². The first-order valence-corrected chi connectivity index (χ1v) is 3.73. The van der Waals surface area contributed by atoms with E-state index in [9.17, 15) is 22.4 Å². The maximum absolute atomic E-state index is 12.1. The quantitative estimate of drug-likeness (QED) is 0.548. The lowest BCUT2D eigenvalue weighted by atomic mass is 10.1. The van der Waals surface area contributed by atoms with Crippen LogP contribution in [-0.4, -0.2) is 12.2 Å². The maximum Gasteiger partial charge on any atom is 0.300 e. The molecule has 0 aliphatic rings. The molecule has 0 spiro atoms. The normalized spacial score (nSPS) is 11.0. The molecule has 0 N–H and O–H groups in total. The van der Waals surface area contributed by atoms with Gasteiger partial charge >= 0.3 is 6.43 Å². The van der Waals surface area contributed by atoms with Crippen LogP contribution in [0.3, 0.4) is 0 Å². The highest BCUT2D eigenvalue weighted by Crippen LogP contribution is 2.20. The lowest BCUT2D eigenvalue weighted by Crippen LogP contribution is -2.10. The Hall–Kier alpha value is -1.39. The van der Waals surface area contributed by atoms with Crippen LogP contribution in [-0.2, 0) is 0 Å². The van der Waals surface area contributed by atoms with Gasteiger partial charge in [-0.05, 0) is 6.07 Å². The fraction of sp³-hybridized carbons (Fsp3) is 0.222. The van der Waals surface area contributed by atoms with Crippen molar-refractivity contribution < 1.29 is 22.4 Å². The van der Waals surface area contributed by atoms with Crippen molar-refractivity contribution in [3.63, 3.8) is 0 Å². The Bertz CT molecular complexity index is 335. The second-order valence-electron chi connectivity index (χ2n) is 2.59. The van der Waals surface area contributed by atoms with Gasteiger partial charge in [0.2, 0.25) is 5.78 Å². The summed E-state index contributed by atoms with van der Waals surface area (Å²) in [6.45, 7) is 0. The minimum Gasteiger partial charge on any atom is -0.288 e. The Labute approximate surface area is 77.3 Å². The van der Waals surface area contributed by atoms with E-state index >= 15 is 0 Å². The van der Waals surface area contributed by atoms with E-state index in [1.807, 2.05) is 0 Å². The SMILES string of the molecule is O=C(c1cccc(C(F)F)c1)C(F)F. The summed E-state index contributed by atoms with van der Waals surface area (Å²) in [5, 5.41) is 0. The number of hydrogen-bond acceptors (Lipinski definition) is 1. The van der Waals surface area contributed by atoms with Gasteiger partial charge in [0.1, 0.15) is 0 Å². The van der Waals surface area contributed by atoms with Crippen LogP contribution in [0.15, 0.2) is 24.3 Å². The van der Waals surface area contributed by atoms with Crippen LogP contribution in [0.4, 0.5) is 17.6 Å². The molecule has 0 aromatic heterocycles.